The molecule has 6 heteroatoms. The van der Waals surface area contributed by atoms with Crippen LogP contribution in [0.1, 0.15) is 54.2 Å². The Morgan fingerprint density at radius 3 is 2.96 bits per heavy atom. The van der Waals surface area contributed by atoms with Crippen molar-refractivity contribution in [3.63, 3.8) is 0 Å². The highest BCUT2D eigenvalue weighted by Crippen LogP contribution is 2.41. The molecule has 0 radical (unpaired) electrons. The van der Waals surface area contributed by atoms with Crippen molar-refractivity contribution < 1.29 is 4.79 Å². The summed E-state index contributed by atoms with van der Waals surface area (Å²) in [4.78, 5) is 20.3. The van der Waals surface area contributed by atoms with Gasteiger partial charge in [-0.15, -0.1) is 0 Å². The van der Waals surface area contributed by atoms with E-state index < -0.39 is 0 Å². The molecule has 1 N–H and O–H groups in total. The van der Waals surface area contributed by atoms with Gasteiger partial charge in [-0.25, -0.2) is 4.98 Å². The molecule has 2 aliphatic carbocycles. The third kappa shape index (κ3) is 1.99. The number of fused-ring (bicyclic) bond motifs is 2. The van der Waals surface area contributed by atoms with E-state index in [0.717, 1.165) is 35.0 Å². The molecule has 3 aromatic rings. The number of nitrogens with zero attached hydrogens (tertiary/aromatic N) is 4. The van der Waals surface area contributed by atoms with Crippen molar-refractivity contribution in [2.45, 2.75) is 38.1 Å². The van der Waals surface area contributed by atoms with Crippen LogP contribution in [-0.2, 0) is 0 Å². The average Bonchev–Trinajstić information content (AvgIpc) is 3.37. The minimum atomic E-state index is -0.0670. The van der Waals surface area contributed by atoms with Gasteiger partial charge in [0.15, 0.2) is 0 Å². The lowest BCUT2D eigenvalue weighted by Gasteiger charge is -2.21. The molecule has 0 spiro atoms. The van der Waals surface area contributed by atoms with E-state index in [-0.39, 0.29) is 11.8 Å². The van der Waals surface area contributed by atoms with Crippen molar-refractivity contribution in [2.24, 2.45) is 5.92 Å². The summed E-state index contributed by atoms with van der Waals surface area (Å²) in [5, 5.41) is 14.8. The predicted molar refractivity (Wildman–Crippen MR) is 92.0 cm³/mol. The molecule has 0 unspecified atom stereocenters. The molecule has 124 valence electrons. The number of H-pyrrole nitrogens is 1. The van der Waals surface area contributed by atoms with Gasteiger partial charge in [0.05, 0.1) is 24.1 Å². The summed E-state index contributed by atoms with van der Waals surface area (Å²) in [6.45, 7) is 0. The number of rotatable bonds is 3. The first-order valence-corrected chi connectivity index (χ1v) is 8.75. The normalized spacial score (nSPS) is 17.6. The van der Waals surface area contributed by atoms with E-state index in [4.69, 9.17) is 0 Å². The molecule has 6 nitrogen and oxygen atoms in total. The zero-order valence-electron chi connectivity index (χ0n) is 13.7. The van der Waals surface area contributed by atoms with Gasteiger partial charge < -0.3 is 4.98 Å². The molecule has 3 aromatic heterocycles. The summed E-state index contributed by atoms with van der Waals surface area (Å²) >= 11 is 0. The van der Waals surface area contributed by atoms with Gasteiger partial charge in [-0.05, 0) is 30.4 Å². The Hall–Kier alpha value is -2.94. The van der Waals surface area contributed by atoms with E-state index in [1.54, 1.807) is 12.4 Å². The topological polar surface area (TPSA) is 87.4 Å². The first kappa shape index (κ1) is 14.4. The number of aromatic nitrogens is 4. The van der Waals surface area contributed by atoms with Gasteiger partial charge in [0.1, 0.15) is 11.3 Å². The van der Waals surface area contributed by atoms with Gasteiger partial charge >= 0.3 is 0 Å². The van der Waals surface area contributed by atoms with Crippen molar-refractivity contribution in [3.05, 3.63) is 35.9 Å². The zero-order chi connectivity index (χ0) is 17.0. The summed E-state index contributed by atoms with van der Waals surface area (Å²) in [5.74, 6) is 0.399. The second-order valence-electron chi connectivity index (χ2n) is 6.96. The molecular formula is C19H17N5O. The fraction of sp³-hybridized carbons (Fsp3) is 0.368. The van der Waals surface area contributed by atoms with E-state index in [0.29, 0.717) is 23.6 Å². The standard InChI is InChI=1S/C19H17N5O/c20-7-5-15(11-3-1-2-4-11)24-10-14-12-6-8-21-19-16(12)13(9-22-19)18(25)17(14)23-24/h6,8-11,15H,1-5H2,(H,21,22)/t15-/m1/s1. The van der Waals surface area contributed by atoms with Crippen LogP contribution in [0.15, 0.2) is 24.7 Å². The molecule has 3 heterocycles. The van der Waals surface area contributed by atoms with E-state index in [1.807, 2.05) is 16.9 Å². The van der Waals surface area contributed by atoms with Gasteiger partial charge in [0.2, 0.25) is 5.78 Å². The molecule has 0 aromatic carbocycles. The lowest BCUT2D eigenvalue weighted by molar-refractivity contribution is 0.103. The van der Waals surface area contributed by atoms with Crippen molar-refractivity contribution in [3.8, 4) is 17.2 Å². The molecule has 1 fully saturated rings. The lowest BCUT2D eigenvalue weighted by atomic mass is 9.92. The monoisotopic (exact) mass is 331 g/mol. The highest BCUT2D eigenvalue weighted by atomic mass is 16.1. The number of ketones is 1. The first-order valence-electron chi connectivity index (χ1n) is 8.75. The first-order chi connectivity index (χ1) is 12.3. The van der Waals surface area contributed by atoms with E-state index in [2.05, 4.69) is 21.1 Å². The second kappa shape index (κ2) is 5.28. The number of hydrogen-bond donors (Lipinski definition) is 1. The Kier molecular flexibility index (Phi) is 3.04. The van der Waals surface area contributed by atoms with Gasteiger partial charge in [-0.3, -0.25) is 9.48 Å². The van der Waals surface area contributed by atoms with Crippen LogP contribution in [0.5, 0.6) is 0 Å². The highest BCUT2D eigenvalue weighted by molar-refractivity contribution is 6.24. The molecule has 5 rings (SSSR count). The van der Waals surface area contributed by atoms with Crippen LogP contribution >= 0.6 is 0 Å². The minimum Gasteiger partial charge on any atom is -0.345 e. The van der Waals surface area contributed by atoms with Crippen LogP contribution in [0.3, 0.4) is 0 Å². The number of nitrogens with one attached hydrogen (secondary N) is 1. The molecule has 1 atom stereocenters. The van der Waals surface area contributed by atoms with E-state index >= 15 is 0 Å². The summed E-state index contributed by atoms with van der Waals surface area (Å²) in [7, 11) is 0. The quantitative estimate of drug-likeness (QED) is 0.621. The molecule has 2 aliphatic rings. The predicted octanol–water partition coefficient (Wildman–Crippen LogP) is 3.62. The molecule has 25 heavy (non-hydrogen) atoms. The average molecular weight is 331 g/mol. The maximum Gasteiger partial charge on any atom is 0.216 e. The third-order valence-corrected chi connectivity index (χ3v) is 5.64. The van der Waals surface area contributed by atoms with Crippen LogP contribution in [-0.4, -0.2) is 25.5 Å². The summed E-state index contributed by atoms with van der Waals surface area (Å²) in [6, 6.07) is 4.29. The Morgan fingerprint density at radius 1 is 1.32 bits per heavy atom. The third-order valence-electron chi connectivity index (χ3n) is 5.64. The summed E-state index contributed by atoms with van der Waals surface area (Å²) in [6.07, 6.45) is 10.5. The molecular weight excluding hydrogens is 314 g/mol. The molecule has 0 amide bonds. The minimum absolute atomic E-state index is 0.0455. The van der Waals surface area contributed by atoms with E-state index in [1.165, 1.54) is 12.8 Å². The fourth-order valence-electron chi connectivity index (χ4n) is 4.43. The molecule has 0 bridgehead atoms. The molecule has 0 aliphatic heterocycles. The Labute approximate surface area is 144 Å². The number of hydrogen-bond acceptors (Lipinski definition) is 4. The number of pyridine rings is 1. The summed E-state index contributed by atoms with van der Waals surface area (Å²) in [5.41, 5.74) is 3.69. The van der Waals surface area contributed by atoms with Gasteiger partial charge in [-0.2, -0.15) is 10.4 Å². The van der Waals surface area contributed by atoms with Crippen molar-refractivity contribution in [1.82, 2.24) is 19.7 Å². The summed E-state index contributed by atoms with van der Waals surface area (Å²) < 4.78 is 1.88. The Bertz CT molecular complexity index is 1030. The Balaban J connectivity index is 1.67. The Morgan fingerprint density at radius 2 is 2.16 bits per heavy atom. The number of aromatic amines is 1. The second-order valence-corrected chi connectivity index (χ2v) is 6.96. The lowest BCUT2D eigenvalue weighted by Crippen LogP contribution is -2.18. The molecule has 1 saturated carbocycles. The number of carbonyl (C=O) groups excluding carboxylic acids is 1. The largest absolute Gasteiger partial charge is 0.345 e. The van der Waals surface area contributed by atoms with Crippen LogP contribution in [0, 0.1) is 17.2 Å². The number of carbonyl (C=O) groups is 1. The van der Waals surface area contributed by atoms with Crippen LogP contribution in [0.4, 0.5) is 0 Å². The van der Waals surface area contributed by atoms with Gasteiger partial charge in [0.25, 0.3) is 0 Å². The zero-order valence-corrected chi connectivity index (χ0v) is 13.7. The van der Waals surface area contributed by atoms with Crippen LogP contribution in [0.2, 0.25) is 0 Å². The maximum atomic E-state index is 12.9. The smallest absolute Gasteiger partial charge is 0.216 e. The van der Waals surface area contributed by atoms with Gasteiger partial charge in [-0.1, -0.05) is 12.8 Å². The molecule has 0 saturated heterocycles. The van der Waals surface area contributed by atoms with Gasteiger partial charge in [0, 0.05) is 29.5 Å². The number of nitriles is 1. The maximum absolute atomic E-state index is 12.9. The van der Waals surface area contributed by atoms with Crippen molar-refractivity contribution >= 4 is 16.8 Å². The van der Waals surface area contributed by atoms with E-state index in [9.17, 15) is 10.1 Å². The van der Waals surface area contributed by atoms with Crippen molar-refractivity contribution in [1.29, 1.82) is 5.26 Å². The SMILES string of the molecule is N#CC[C@H](C1CCCC1)n1cc2c(n1)C(=O)c1c[nH]c3nccc-2c13. The van der Waals surface area contributed by atoms with Crippen LogP contribution < -0.4 is 0 Å². The highest BCUT2D eigenvalue weighted by Gasteiger charge is 2.33. The van der Waals surface area contributed by atoms with Crippen LogP contribution in [0.25, 0.3) is 22.2 Å². The fourth-order valence-corrected chi connectivity index (χ4v) is 4.43. The van der Waals surface area contributed by atoms with Crippen molar-refractivity contribution in [2.75, 3.05) is 0 Å².